The van der Waals surface area contributed by atoms with Crippen molar-refractivity contribution < 1.29 is 9.90 Å². The lowest BCUT2D eigenvalue weighted by atomic mass is 10.1. The van der Waals surface area contributed by atoms with Gasteiger partial charge in [-0.15, -0.1) is 0 Å². The Morgan fingerprint density at radius 3 is 2.81 bits per heavy atom. The fourth-order valence-corrected chi connectivity index (χ4v) is 5.04. The maximum Gasteiger partial charge on any atom is 0.267 e. The Kier molecular flexibility index (Phi) is 6.38. The van der Waals surface area contributed by atoms with E-state index in [1.807, 2.05) is 24.3 Å². The Morgan fingerprint density at radius 1 is 1.19 bits per heavy atom. The second-order valence-electron chi connectivity index (χ2n) is 7.34. The standard InChI is InChI=1S/C23H22BrN3O3S/c1-2-3-4-7-12-27-17-9-6-5-8-15(17)20(28)19(22(27)30)21(29)26-23-25-16-11-10-14(24)13-18(16)31-23/h5-6,8-11,13,28H,2-4,7,12H2,1H3,(H,25,26,29). The minimum Gasteiger partial charge on any atom is -0.506 e. The van der Waals surface area contributed by atoms with E-state index in [2.05, 4.69) is 33.2 Å². The molecule has 2 aromatic heterocycles. The lowest BCUT2D eigenvalue weighted by Gasteiger charge is -2.14. The van der Waals surface area contributed by atoms with E-state index >= 15 is 0 Å². The van der Waals surface area contributed by atoms with Crippen LogP contribution in [-0.4, -0.2) is 20.6 Å². The first kappa shape index (κ1) is 21.5. The molecule has 31 heavy (non-hydrogen) atoms. The van der Waals surface area contributed by atoms with Crippen molar-refractivity contribution in [3.05, 3.63) is 62.9 Å². The fourth-order valence-electron chi connectivity index (χ4n) is 3.62. The lowest BCUT2D eigenvalue weighted by molar-refractivity contribution is 0.102. The number of aryl methyl sites for hydroxylation is 1. The zero-order chi connectivity index (χ0) is 22.0. The van der Waals surface area contributed by atoms with Crippen LogP contribution in [0.4, 0.5) is 5.13 Å². The van der Waals surface area contributed by atoms with Crippen molar-refractivity contribution in [2.45, 2.75) is 39.2 Å². The highest BCUT2D eigenvalue weighted by molar-refractivity contribution is 9.10. The van der Waals surface area contributed by atoms with Crippen LogP contribution in [0.15, 0.2) is 51.7 Å². The van der Waals surface area contributed by atoms with Crippen LogP contribution in [0.1, 0.15) is 43.0 Å². The summed E-state index contributed by atoms with van der Waals surface area (Å²) < 4.78 is 3.41. The predicted molar refractivity (Wildman–Crippen MR) is 129 cm³/mol. The number of carbonyl (C=O) groups is 1. The number of pyridine rings is 1. The molecule has 0 unspecified atom stereocenters. The van der Waals surface area contributed by atoms with Gasteiger partial charge in [0.25, 0.3) is 11.5 Å². The smallest absolute Gasteiger partial charge is 0.267 e. The fraction of sp³-hybridized carbons (Fsp3) is 0.261. The van der Waals surface area contributed by atoms with Gasteiger partial charge in [-0.25, -0.2) is 4.98 Å². The van der Waals surface area contributed by atoms with Crippen LogP contribution < -0.4 is 10.9 Å². The number of hydrogen-bond acceptors (Lipinski definition) is 5. The van der Waals surface area contributed by atoms with E-state index in [1.165, 1.54) is 11.3 Å². The molecule has 4 aromatic rings. The molecule has 0 spiro atoms. The number of amides is 1. The summed E-state index contributed by atoms with van der Waals surface area (Å²) in [7, 11) is 0. The molecule has 4 rings (SSSR count). The maximum absolute atomic E-state index is 13.2. The van der Waals surface area contributed by atoms with Crippen molar-refractivity contribution in [2.24, 2.45) is 0 Å². The molecule has 0 aliphatic heterocycles. The number of anilines is 1. The number of hydrogen-bond donors (Lipinski definition) is 2. The van der Waals surface area contributed by atoms with Gasteiger partial charge in [-0.05, 0) is 36.8 Å². The SMILES string of the molecule is CCCCCCn1c(=O)c(C(=O)Nc2nc3ccc(Br)cc3s2)c(O)c2ccccc21. The number of carbonyl (C=O) groups excluding carboxylic acids is 1. The van der Waals surface area contributed by atoms with Crippen LogP contribution in [0.5, 0.6) is 5.75 Å². The zero-order valence-corrected chi connectivity index (χ0v) is 19.4. The van der Waals surface area contributed by atoms with E-state index < -0.39 is 11.5 Å². The lowest BCUT2D eigenvalue weighted by Crippen LogP contribution is -2.30. The van der Waals surface area contributed by atoms with Crippen LogP contribution in [0.3, 0.4) is 0 Å². The Bertz CT molecular complexity index is 1330. The molecule has 0 fully saturated rings. The molecule has 0 radical (unpaired) electrons. The Labute approximate surface area is 191 Å². The van der Waals surface area contributed by atoms with Crippen molar-refractivity contribution >= 4 is 59.4 Å². The molecule has 6 nitrogen and oxygen atoms in total. The first-order chi connectivity index (χ1) is 15.0. The van der Waals surface area contributed by atoms with Gasteiger partial charge >= 0.3 is 0 Å². The molecule has 8 heteroatoms. The number of unbranched alkanes of at least 4 members (excludes halogenated alkanes) is 3. The highest BCUT2D eigenvalue weighted by Gasteiger charge is 2.23. The van der Waals surface area contributed by atoms with E-state index in [0.29, 0.717) is 22.6 Å². The monoisotopic (exact) mass is 499 g/mol. The molecule has 2 heterocycles. The van der Waals surface area contributed by atoms with Gasteiger partial charge < -0.3 is 9.67 Å². The van der Waals surface area contributed by atoms with Gasteiger partial charge in [0.2, 0.25) is 0 Å². The van der Waals surface area contributed by atoms with E-state index in [0.717, 1.165) is 40.4 Å². The van der Waals surface area contributed by atoms with Gasteiger partial charge in [0.15, 0.2) is 5.13 Å². The van der Waals surface area contributed by atoms with Crippen molar-refractivity contribution in [3.63, 3.8) is 0 Å². The van der Waals surface area contributed by atoms with Gasteiger partial charge in [-0.2, -0.15) is 0 Å². The Morgan fingerprint density at radius 2 is 2.00 bits per heavy atom. The highest BCUT2D eigenvalue weighted by atomic mass is 79.9. The van der Waals surface area contributed by atoms with E-state index in [4.69, 9.17) is 0 Å². The average molecular weight is 500 g/mol. The summed E-state index contributed by atoms with van der Waals surface area (Å²) in [6.07, 6.45) is 4.01. The molecule has 0 saturated heterocycles. The molecule has 0 aliphatic rings. The number of benzene rings is 2. The molecule has 2 N–H and O–H groups in total. The van der Waals surface area contributed by atoms with Crippen molar-refractivity contribution in [2.75, 3.05) is 5.32 Å². The predicted octanol–water partition coefficient (Wildman–Crippen LogP) is 5.91. The molecule has 0 aliphatic carbocycles. The molecule has 0 bridgehead atoms. The van der Waals surface area contributed by atoms with Gasteiger partial charge in [-0.1, -0.05) is 65.6 Å². The molecule has 1 amide bonds. The van der Waals surface area contributed by atoms with Gasteiger partial charge in [0.1, 0.15) is 11.3 Å². The van der Waals surface area contributed by atoms with Crippen molar-refractivity contribution in [1.82, 2.24) is 9.55 Å². The first-order valence-electron chi connectivity index (χ1n) is 10.2. The summed E-state index contributed by atoms with van der Waals surface area (Å²) in [5.74, 6) is -0.958. The topological polar surface area (TPSA) is 84.2 Å². The number of aromatic hydroxyl groups is 1. The zero-order valence-electron chi connectivity index (χ0n) is 17.0. The summed E-state index contributed by atoms with van der Waals surface area (Å²) in [6, 6.07) is 12.8. The number of aromatic nitrogens is 2. The molecule has 160 valence electrons. The van der Waals surface area contributed by atoms with Crippen molar-refractivity contribution in [3.8, 4) is 5.75 Å². The summed E-state index contributed by atoms with van der Waals surface area (Å²) in [4.78, 5) is 30.7. The maximum atomic E-state index is 13.2. The minimum absolute atomic E-state index is 0.255. The third kappa shape index (κ3) is 4.36. The molecular weight excluding hydrogens is 478 g/mol. The first-order valence-corrected chi connectivity index (χ1v) is 11.8. The summed E-state index contributed by atoms with van der Waals surface area (Å²) in [5, 5.41) is 14.3. The van der Waals surface area contributed by atoms with E-state index in [9.17, 15) is 14.7 Å². The van der Waals surface area contributed by atoms with Crippen LogP contribution in [-0.2, 0) is 6.54 Å². The molecular formula is C23H22BrN3O3S. The third-order valence-electron chi connectivity index (χ3n) is 5.18. The van der Waals surface area contributed by atoms with Crippen LogP contribution in [0, 0.1) is 0 Å². The number of nitrogens with one attached hydrogen (secondary N) is 1. The number of para-hydroxylation sites is 1. The Balaban J connectivity index is 1.72. The number of nitrogens with zero attached hydrogens (tertiary/aromatic N) is 2. The summed E-state index contributed by atoms with van der Waals surface area (Å²) in [5.41, 5.74) is 0.631. The largest absolute Gasteiger partial charge is 0.506 e. The normalized spacial score (nSPS) is 11.3. The van der Waals surface area contributed by atoms with Gasteiger partial charge in [0, 0.05) is 16.4 Å². The van der Waals surface area contributed by atoms with Gasteiger partial charge in [0.05, 0.1) is 15.7 Å². The second kappa shape index (κ2) is 9.20. The van der Waals surface area contributed by atoms with Gasteiger partial charge in [-0.3, -0.25) is 14.9 Å². The Hall–Kier alpha value is -2.71. The molecule has 0 atom stereocenters. The molecule has 2 aromatic carbocycles. The summed E-state index contributed by atoms with van der Waals surface area (Å²) in [6.45, 7) is 2.63. The average Bonchev–Trinajstić information content (AvgIpc) is 3.14. The number of halogens is 1. The van der Waals surface area contributed by atoms with Crippen LogP contribution >= 0.6 is 27.3 Å². The van der Waals surface area contributed by atoms with Crippen molar-refractivity contribution in [1.29, 1.82) is 0 Å². The summed E-state index contributed by atoms with van der Waals surface area (Å²) >= 11 is 4.73. The highest BCUT2D eigenvalue weighted by Crippen LogP contribution is 2.30. The van der Waals surface area contributed by atoms with E-state index in [1.54, 1.807) is 22.8 Å². The second-order valence-corrected chi connectivity index (χ2v) is 9.29. The minimum atomic E-state index is -0.659. The molecule has 0 saturated carbocycles. The number of thiazole rings is 1. The quantitative estimate of drug-likeness (QED) is 0.309. The number of rotatable bonds is 7. The van der Waals surface area contributed by atoms with Crippen LogP contribution in [0.25, 0.3) is 21.1 Å². The van der Waals surface area contributed by atoms with Crippen LogP contribution in [0.2, 0.25) is 0 Å². The van der Waals surface area contributed by atoms with E-state index in [-0.39, 0.29) is 11.3 Å². The number of fused-ring (bicyclic) bond motifs is 2. The third-order valence-corrected chi connectivity index (χ3v) is 6.61.